The summed E-state index contributed by atoms with van der Waals surface area (Å²) in [7, 11) is -4.53. The van der Waals surface area contributed by atoms with Crippen LogP contribution in [0.4, 0.5) is 20.3 Å². The monoisotopic (exact) mass is 917 g/mol. The van der Waals surface area contributed by atoms with Crippen LogP contribution in [0.5, 0.6) is 17.4 Å². The third-order valence-electron chi connectivity index (χ3n) is 11.6. The van der Waals surface area contributed by atoms with Crippen LogP contribution in [0.15, 0.2) is 77.5 Å². The van der Waals surface area contributed by atoms with Crippen LogP contribution >= 0.6 is 34.8 Å². The van der Waals surface area contributed by atoms with Crippen molar-refractivity contribution in [3.63, 3.8) is 0 Å². The molecule has 12 nitrogen and oxygen atoms in total. The van der Waals surface area contributed by atoms with E-state index in [0.29, 0.717) is 37.6 Å². The molecule has 0 radical (unpaired) electrons. The molecule has 1 amide bonds. The van der Waals surface area contributed by atoms with Crippen molar-refractivity contribution in [2.45, 2.75) is 57.3 Å². The van der Waals surface area contributed by atoms with Crippen molar-refractivity contribution in [3.05, 3.63) is 98.8 Å². The number of anilines is 2. The molecule has 2 aliphatic heterocycles. The molecule has 2 saturated heterocycles. The van der Waals surface area contributed by atoms with Crippen molar-refractivity contribution in [3.8, 4) is 17.4 Å². The first-order valence-electron chi connectivity index (χ1n) is 20.0. The molecule has 2 aromatic carbocycles. The fourth-order valence-electron chi connectivity index (χ4n) is 8.09. The van der Waals surface area contributed by atoms with Crippen LogP contribution in [0.2, 0.25) is 15.1 Å². The van der Waals surface area contributed by atoms with Crippen LogP contribution in [-0.4, -0.2) is 88.0 Å². The fourth-order valence-corrected chi connectivity index (χ4v) is 9.59. The molecule has 2 aromatic heterocycles. The van der Waals surface area contributed by atoms with Crippen LogP contribution < -0.4 is 30.1 Å². The van der Waals surface area contributed by atoms with Crippen molar-refractivity contribution in [2.75, 3.05) is 63.1 Å². The van der Waals surface area contributed by atoms with Crippen LogP contribution in [0.1, 0.15) is 61.9 Å². The van der Waals surface area contributed by atoms with Crippen LogP contribution in [0, 0.1) is 10.8 Å². The molecule has 0 unspecified atom stereocenters. The molecular formula is C43H48Cl3F2N7O5S. The number of nitrogens with two attached hydrogens (primary N) is 1. The zero-order chi connectivity index (χ0) is 43.5. The lowest BCUT2D eigenvalue weighted by Gasteiger charge is -2.39. The Labute approximate surface area is 369 Å². The number of hydrogen-bond donors (Lipinski definition) is 3. The van der Waals surface area contributed by atoms with Gasteiger partial charge in [-0.05, 0) is 79.1 Å². The van der Waals surface area contributed by atoms with Crippen molar-refractivity contribution in [2.24, 2.45) is 10.8 Å². The number of aromatic nitrogens is 2. The minimum absolute atomic E-state index is 0.0527. The van der Waals surface area contributed by atoms with Gasteiger partial charge in [0.15, 0.2) is 0 Å². The summed E-state index contributed by atoms with van der Waals surface area (Å²) >= 11 is 18.8. The summed E-state index contributed by atoms with van der Waals surface area (Å²) in [5.74, 6) is -0.788. The molecule has 4 aromatic rings. The highest BCUT2D eigenvalue weighted by Crippen LogP contribution is 2.44. The Morgan fingerprint density at radius 2 is 1.74 bits per heavy atom. The minimum Gasteiger partial charge on any atom is -0.476 e. The number of carbonyl (C=O) groups excluding carboxylic acids is 1. The molecule has 2 fully saturated rings. The number of nitrogens with zero attached hydrogens (tertiary/aromatic N) is 4. The van der Waals surface area contributed by atoms with E-state index in [0.717, 1.165) is 56.8 Å². The number of nitrogen functional groups attached to an aromatic ring is 1. The van der Waals surface area contributed by atoms with Crippen LogP contribution in [0.25, 0.3) is 5.57 Å². The SMILES string of the molecule is CC1(C)CCC(CN2CCN(c3ccc(C(=O)NS(=O)(=O)c4cnc(OC[C@@]5(CC(F)F)CCNC5)c(Cl)c4)c(Oc4cnc(N)c(Cl)c4)c3)CC2)=C(c2ccc(Cl)cc2)C1. The van der Waals surface area contributed by atoms with E-state index >= 15 is 0 Å². The number of piperazine rings is 1. The standard InChI is InChI=1S/C43H48Cl3F2N7O5S/c1-42(2)10-9-28(34(20-42)27-3-5-29(44)6-4-27)24-54-13-15-55(16-14-54)30-7-8-33(37(17-30)60-31-18-35(45)39(49)51-22-31)40(56)53-61(57,58)32-19-36(46)41(52-23-32)59-26-43(21-38(47)48)11-12-50-25-43/h3-8,17-19,22-23,38,50H,9-16,20-21,24-26H2,1-2H3,(H2,49,51)(H,53,56)/t43-/m1/s1. The average Bonchev–Trinajstić information content (AvgIpc) is 3.67. The van der Waals surface area contributed by atoms with E-state index in [1.54, 1.807) is 12.1 Å². The van der Waals surface area contributed by atoms with Crippen molar-refractivity contribution < 1.29 is 31.5 Å². The molecule has 3 aliphatic rings. The molecule has 1 aliphatic carbocycles. The number of benzene rings is 2. The highest BCUT2D eigenvalue weighted by atomic mass is 35.5. The van der Waals surface area contributed by atoms with Crippen molar-refractivity contribution in [1.82, 2.24) is 24.9 Å². The van der Waals surface area contributed by atoms with Gasteiger partial charge in [0.05, 0.1) is 29.6 Å². The Kier molecular flexibility index (Phi) is 13.7. The summed E-state index contributed by atoms with van der Waals surface area (Å²) in [5.41, 5.74) is 9.95. The summed E-state index contributed by atoms with van der Waals surface area (Å²) in [4.78, 5) is 26.1. The van der Waals surface area contributed by atoms with Gasteiger partial charge in [-0.3, -0.25) is 9.69 Å². The predicted molar refractivity (Wildman–Crippen MR) is 235 cm³/mol. The van der Waals surface area contributed by atoms with Gasteiger partial charge in [0, 0.05) is 73.9 Å². The lowest BCUT2D eigenvalue weighted by atomic mass is 9.72. The van der Waals surface area contributed by atoms with Crippen molar-refractivity contribution in [1.29, 1.82) is 0 Å². The van der Waals surface area contributed by atoms with Gasteiger partial charge >= 0.3 is 0 Å². The first-order chi connectivity index (χ1) is 29.0. The Morgan fingerprint density at radius 1 is 0.984 bits per heavy atom. The highest BCUT2D eigenvalue weighted by molar-refractivity contribution is 7.90. The number of carbonyl (C=O) groups is 1. The number of hydrogen-bond acceptors (Lipinski definition) is 11. The molecular weight excluding hydrogens is 871 g/mol. The van der Waals surface area contributed by atoms with Gasteiger partial charge in [-0.2, -0.15) is 0 Å². The number of nitrogens with one attached hydrogen (secondary N) is 2. The summed E-state index contributed by atoms with van der Waals surface area (Å²) in [6.07, 6.45) is 3.06. The summed E-state index contributed by atoms with van der Waals surface area (Å²) in [6, 6.07) is 15.6. The molecule has 326 valence electrons. The second-order valence-corrected chi connectivity index (χ2v) is 19.7. The van der Waals surface area contributed by atoms with Gasteiger partial charge < -0.3 is 25.4 Å². The van der Waals surface area contributed by atoms with E-state index in [9.17, 15) is 22.0 Å². The summed E-state index contributed by atoms with van der Waals surface area (Å²) in [6.45, 7) is 9.30. The minimum atomic E-state index is -4.53. The molecule has 7 rings (SSSR count). The topological polar surface area (TPSA) is 152 Å². The number of allylic oxidation sites excluding steroid dienone is 1. The number of pyridine rings is 2. The molecule has 4 heterocycles. The second-order valence-electron chi connectivity index (χ2n) is 16.7. The van der Waals surface area contributed by atoms with E-state index in [4.69, 9.17) is 50.0 Å². The van der Waals surface area contributed by atoms with Crippen LogP contribution in [-0.2, 0) is 10.0 Å². The third-order valence-corrected chi connectivity index (χ3v) is 13.7. The van der Waals surface area contributed by atoms with Gasteiger partial charge in [-0.15, -0.1) is 0 Å². The molecule has 18 heteroatoms. The molecule has 0 saturated carbocycles. The Bertz CT molecular complexity index is 2390. The largest absolute Gasteiger partial charge is 0.476 e. The maximum absolute atomic E-state index is 13.8. The van der Waals surface area contributed by atoms with Crippen LogP contribution in [0.3, 0.4) is 0 Å². The fraction of sp³-hybridized carbons (Fsp3) is 0.419. The number of alkyl halides is 2. The zero-order valence-electron chi connectivity index (χ0n) is 33.8. The van der Waals surface area contributed by atoms with Gasteiger partial charge in [0.25, 0.3) is 15.9 Å². The molecule has 0 bridgehead atoms. The van der Waals surface area contributed by atoms with Gasteiger partial charge in [-0.1, -0.05) is 66.4 Å². The molecule has 61 heavy (non-hydrogen) atoms. The zero-order valence-corrected chi connectivity index (χ0v) is 36.9. The third kappa shape index (κ3) is 11.0. The molecule has 4 N–H and O–H groups in total. The first-order valence-corrected chi connectivity index (χ1v) is 22.6. The number of ether oxygens (including phenoxy) is 2. The Hall–Kier alpha value is -4.25. The highest BCUT2D eigenvalue weighted by Gasteiger charge is 2.38. The predicted octanol–water partition coefficient (Wildman–Crippen LogP) is 8.73. The van der Waals surface area contributed by atoms with E-state index in [-0.39, 0.29) is 57.2 Å². The Morgan fingerprint density at radius 3 is 2.41 bits per heavy atom. The number of amides is 1. The maximum Gasteiger partial charge on any atom is 0.268 e. The average molecular weight is 919 g/mol. The lowest BCUT2D eigenvalue weighted by Crippen LogP contribution is -2.47. The molecule has 0 spiro atoms. The number of rotatable bonds is 14. The van der Waals surface area contributed by atoms with E-state index < -0.39 is 32.7 Å². The normalized spacial score (nSPS) is 19.6. The summed E-state index contributed by atoms with van der Waals surface area (Å²) in [5, 5.41) is 3.76. The smallest absolute Gasteiger partial charge is 0.268 e. The quantitative estimate of drug-likeness (QED) is 0.111. The van der Waals surface area contributed by atoms with Gasteiger partial charge in [0.2, 0.25) is 12.3 Å². The first kappa shape index (κ1) is 44.8. The van der Waals surface area contributed by atoms with Gasteiger partial charge in [-0.25, -0.2) is 31.9 Å². The molecule has 1 atom stereocenters. The second kappa shape index (κ2) is 18.6. The van der Waals surface area contributed by atoms with Gasteiger partial charge in [0.1, 0.15) is 27.2 Å². The van der Waals surface area contributed by atoms with E-state index in [1.165, 1.54) is 35.0 Å². The lowest BCUT2D eigenvalue weighted by molar-refractivity contribution is 0.0499. The number of halogens is 5. The van der Waals surface area contributed by atoms with E-state index in [1.807, 2.05) is 12.1 Å². The maximum atomic E-state index is 13.8. The van der Waals surface area contributed by atoms with E-state index in [2.05, 4.69) is 55.8 Å². The van der Waals surface area contributed by atoms with Crippen molar-refractivity contribution >= 4 is 67.8 Å². The number of sulfonamides is 1. The summed E-state index contributed by atoms with van der Waals surface area (Å²) < 4.78 is 67.7. The Balaban J connectivity index is 1.06.